The highest BCUT2D eigenvalue weighted by Gasteiger charge is 2.07. The van der Waals surface area contributed by atoms with Crippen LogP contribution < -0.4 is 5.73 Å². The molecule has 0 radical (unpaired) electrons. The summed E-state index contributed by atoms with van der Waals surface area (Å²) in [5.41, 5.74) is 7.28. The van der Waals surface area contributed by atoms with E-state index in [4.69, 9.17) is 5.73 Å². The van der Waals surface area contributed by atoms with Crippen LogP contribution in [0, 0.1) is 11.6 Å². The molecule has 0 fully saturated rings. The fraction of sp³-hybridized carbons (Fsp3) is 0. The molecule has 0 spiro atoms. The zero-order valence-corrected chi connectivity index (χ0v) is 9.63. The summed E-state index contributed by atoms with van der Waals surface area (Å²) in [5.74, 6) is -1.78. The first-order valence-electron chi connectivity index (χ1n) is 4.44. The molecule has 0 saturated carbocycles. The Labute approximate surface area is 99.2 Å². The van der Waals surface area contributed by atoms with Gasteiger partial charge >= 0.3 is 0 Å². The number of halogens is 3. The quantitative estimate of drug-likeness (QED) is 0.816. The Morgan fingerprint density at radius 3 is 2.50 bits per heavy atom. The van der Waals surface area contributed by atoms with Crippen LogP contribution in [0.15, 0.2) is 35.1 Å². The minimum Gasteiger partial charge on any atom is -0.398 e. The van der Waals surface area contributed by atoms with E-state index in [0.717, 1.165) is 12.1 Å². The molecule has 1 heterocycles. The number of anilines is 1. The summed E-state index contributed by atoms with van der Waals surface area (Å²) in [7, 11) is 0. The lowest BCUT2D eigenvalue weighted by Crippen LogP contribution is -1.93. The van der Waals surface area contributed by atoms with Gasteiger partial charge in [-0.1, -0.05) is 6.07 Å². The molecule has 2 aromatic rings. The standard InChI is InChI=1S/C11H7BrF2N2/c12-11-4-10(15)7(5-16-11)6-1-2-8(13)9(14)3-6/h1-5H,(H2,15,16). The van der Waals surface area contributed by atoms with Gasteiger partial charge in [-0.15, -0.1) is 0 Å². The maximum Gasteiger partial charge on any atom is 0.159 e. The maximum absolute atomic E-state index is 13.0. The van der Waals surface area contributed by atoms with E-state index in [-0.39, 0.29) is 0 Å². The second-order valence-electron chi connectivity index (χ2n) is 3.22. The van der Waals surface area contributed by atoms with Crippen molar-refractivity contribution in [3.05, 3.63) is 46.7 Å². The van der Waals surface area contributed by atoms with Crippen molar-refractivity contribution in [2.24, 2.45) is 0 Å². The molecule has 2 rings (SSSR count). The molecule has 0 aliphatic rings. The summed E-state index contributed by atoms with van der Waals surface area (Å²) in [6, 6.07) is 5.22. The molecular weight excluding hydrogens is 278 g/mol. The van der Waals surface area contributed by atoms with E-state index in [2.05, 4.69) is 20.9 Å². The van der Waals surface area contributed by atoms with Crippen LogP contribution in [0.3, 0.4) is 0 Å². The Hall–Kier alpha value is -1.49. The van der Waals surface area contributed by atoms with E-state index in [1.807, 2.05) is 0 Å². The predicted molar refractivity (Wildman–Crippen MR) is 61.7 cm³/mol. The highest BCUT2D eigenvalue weighted by atomic mass is 79.9. The van der Waals surface area contributed by atoms with Crippen molar-refractivity contribution >= 4 is 21.6 Å². The number of aromatic nitrogens is 1. The molecule has 1 aromatic heterocycles. The maximum atomic E-state index is 13.0. The van der Waals surface area contributed by atoms with E-state index in [1.165, 1.54) is 12.3 Å². The first-order chi connectivity index (χ1) is 7.58. The monoisotopic (exact) mass is 284 g/mol. The van der Waals surface area contributed by atoms with Gasteiger partial charge < -0.3 is 5.73 Å². The van der Waals surface area contributed by atoms with Crippen LogP contribution in [0.2, 0.25) is 0 Å². The fourth-order valence-electron chi connectivity index (χ4n) is 1.35. The number of nitrogens with two attached hydrogens (primary N) is 1. The third kappa shape index (κ3) is 2.04. The fourth-order valence-corrected chi connectivity index (χ4v) is 1.70. The number of rotatable bonds is 1. The van der Waals surface area contributed by atoms with E-state index >= 15 is 0 Å². The summed E-state index contributed by atoms with van der Waals surface area (Å²) in [6.07, 6.45) is 1.51. The van der Waals surface area contributed by atoms with Crippen LogP contribution in [0.25, 0.3) is 11.1 Å². The minimum absolute atomic E-state index is 0.452. The Bertz CT molecular complexity index is 544. The van der Waals surface area contributed by atoms with Crippen molar-refractivity contribution in [3.63, 3.8) is 0 Å². The number of pyridine rings is 1. The van der Waals surface area contributed by atoms with Gasteiger partial charge in [-0.05, 0) is 39.7 Å². The summed E-state index contributed by atoms with van der Waals surface area (Å²) in [4.78, 5) is 3.99. The van der Waals surface area contributed by atoms with Crippen molar-refractivity contribution in [1.82, 2.24) is 4.98 Å². The largest absolute Gasteiger partial charge is 0.398 e. The van der Waals surface area contributed by atoms with Crippen molar-refractivity contribution in [2.45, 2.75) is 0 Å². The smallest absolute Gasteiger partial charge is 0.159 e. The van der Waals surface area contributed by atoms with Gasteiger partial charge in [0.2, 0.25) is 0 Å². The zero-order chi connectivity index (χ0) is 11.7. The second kappa shape index (κ2) is 4.17. The third-order valence-corrected chi connectivity index (χ3v) is 2.57. The average molecular weight is 285 g/mol. The van der Waals surface area contributed by atoms with E-state index in [0.29, 0.717) is 21.4 Å². The summed E-state index contributed by atoms with van der Waals surface area (Å²) < 4.78 is 26.4. The Morgan fingerprint density at radius 2 is 1.88 bits per heavy atom. The van der Waals surface area contributed by atoms with Crippen molar-refractivity contribution in [2.75, 3.05) is 5.73 Å². The molecule has 0 bridgehead atoms. The molecule has 82 valence electrons. The number of hydrogen-bond acceptors (Lipinski definition) is 2. The van der Waals surface area contributed by atoms with Gasteiger partial charge in [0.15, 0.2) is 11.6 Å². The molecule has 0 saturated heterocycles. The first kappa shape index (κ1) is 11.0. The SMILES string of the molecule is Nc1cc(Br)ncc1-c1ccc(F)c(F)c1. The van der Waals surface area contributed by atoms with Crippen LogP contribution in [-0.4, -0.2) is 4.98 Å². The van der Waals surface area contributed by atoms with Gasteiger partial charge in [-0.2, -0.15) is 0 Å². The summed E-state index contributed by atoms with van der Waals surface area (Å²) in [5, 5.41) is 0. The average Bonchev–Trinajstić information content (AvgIpc) is 2.22. The summed E-state index contributed by atoms with van der Waals surface area (Å²) >= 11 is 3.17. The van der Waals surface area contributed by atoms with Crippen molar-refractivity contribution < 1.29 is 8.78 Å². The lowest BCUT2D eigenvalue weighted by molar-refractivity contribution is 0.509. The normalized spacial score (nSPS) is 10.4. The Kier molecular flexibility index (Phi) is 2.87. The van der Waals surface area contributed by atoms with Crippen LogP contribution in [-0.2, 0) is 0 Å². The van der Waals surface area contributed by atoms with E-state index < -0.39 is 11.6 Å². The summed E-state index contributed by atoms with van der Waals surface area (Å²) in [6.45, 7) is 0. The molecule has 5 heteroatoms. The molecule has 0 unspecified atom stereocenters. The molecule has 0 aliphatic heterocycles. The minimum atomic E-state index is -0.903. The molecule has 2 N–H and O–H groups in total. The van der Waals surface area contributed by atoms with Crippen LogP contribution in [0.1, 0.15) is 0 Å². The number of nitrogen functional groups attached to an aromatic ring is 1. The van der Waals surface area contributed by atoms with Crippen molar-refractivity contribution in [3.8, 4) is 11.1 Å². The third-order valence-electron chi connectivity index (χ3n) is 2.13. The lowest BCUT2D eigenvalue weighted by Gasteiger charge is -2.06. The Morgan fingerprint density at radius 1 is 1.12 bits per heavy atom. The first-order valence-corrected chi connectivity index (χ1v) is 5.23. The molecule has 16 heavy (non-hydrogen) atoms. The molecule has 0 aliphatic carbocycles. The lowest BCUT2D eigenvalue weighted by atomic mass is 10.1. The molecule has 0 amide bonds. The molecule has 0 atom stereocenters. The van der Waals surface area contributed by atoms with Crippen LogP contribution in [0.5, 0.6) is 0 Å². The zero-order valence-electron chi connectivity index (χ0n) is 8.05. The van der Waals surface area contributed by atoms with Gasteiger partial charge in [0.1, 0.15) is 4.60 Å². The predicted octanol–water partition coefficient (Wildman–Crippen LogP) is 3.37. The van der Waals surface area contributed by atoms with Crippen molar-refractivity contribution in [1.29, 1.82) is 0 Å². The van der Waals surface area contributed by atoms with Crippen LogP contribution in [0.4, 0.5) is 14.5 Å². The number of hydrogen-bond donors (Lipinski definition) is 1. The van der Waals surface area contributed by atoms with Gasteiger partial charge in [0, 0.05) is 17.4 Å². The highest BCUT2D eigenvalue weighted by Crippen LogP contribution is 2.27. The van der Waals surface area contributed by atoms with E-state index in [9.17, 15) is 8.78 Å². The van der Waals surface area contributed by atoms with Gasteiger partial charge in [0.05, 0.1) is 0 Å². The van der Waals surface area contributed by atoms with E-state index in [1.54, 1.807) is 6.07 Å². The Balaban J connectivity index is 2.54. The molecule has 1 aromatic carbocycles. The topological polar surface area (TPSA) is 38.9 Å². The number of benzene rings is 1. The van der Waals surface area contributed by atoms with Gasteiger partial charge in [-0.25, -0.2) is 13.8 Å². The number of nitrogens with zero attached hydrogens (tertiary/aromatic N) is 1. The van der Waals surface area contributed by atoms with Gasteiger partial charge in [0.25, 0.3) is 0 Å². The van der Waals surface area contributed by atoms with Crippen LogP contribution >= 0.6 is 15.9 Å². The molecule has 2 nitrogen and oxygen atoms in total. The van der Waals surface area contributed by atoms with Gasteiger partial charge in [-0.3, -0.25) is 0 Å². The highest BCUT2D eigenvalue weighted by molar-refractivity contribution is 9.10. The molecular formula is C11H7BrF2N2. The second-order valence-corrected chi connectivity index (χ2v) is 4.04.